The molecule has 1 aromatic rings. The number of hydrogen-bond donors (Lipinski definition) is 1. The van der Waals surface area contributed by atoms with Crippen LogP contribution >= 0.6 is 0 Å². The third-order valence-electron chi connectivity index (χ3n) is 3.26. The van der Waals surface area contributed by atoms with Crippen molar-refractivity contribution in [1.82, 2.24) is 4.90 Å². The molecule has 0 aromatic heterocycles. The van der Waals surface area contributed by atoms with E-state index in [0.29, 0.717) is 12.5 Å². The van der Waals surface area contributed by atoms with E-state index in [0.717, 1.165) is 12.1 Å². The molecule has 1 fully saturated rings. The third-order valence-corrected chi connectivity index (χ3v) is 3.26. The van der Waals surface area contributed by atoms with Crippen LogP contribution in [-0.4, -0.2) is 29.9 Å². The summed E-state index contributed by atoms with van der Waals surface area (Å²) in [5.74, 6) is 0.495. The fourth-order valence-electron chi connectivity index (χ4n) is 2.04. The number of carbonyl (C=O) groups excluding carboxylic acids is 1. The van der Waals surface area contributed by atoms with Gasteiger partial charge >= 0.3 is 0 Å². The lowest BCUT2D eigenvalue weighted by Gasteiger charge is -2.15. The smallest absolute Gasteiger partial charge is 0.253 e. The van der Waals surface area contributed by atoms with Gasteiger partial charge in [-0.2, -0.15) is 0 Å². The van der Waals surface area contributed by atoms with Crippen LogP contribution in [0.1, 0.15) is 22.8 Å². The highest BCUT2D eigenvalue weighted by Gasteiger charge is 2.30. The van der Waals surface area contributed by atoms with Crippen LogP contribution < -0.4 is 5.73 Å². The van der Waals surface area contributed by atoms with E-state index in [1.54, 1.807) is 0 Å². The molecule has 0 radical (unpaired) electrons. The first-order chi connectivity index (χ1) is 7.58. The molecule has 3 nitrogen and oxygen atoms in total. The molecule has 2 atom stereocenters. The Bertz CT molecular complexity index is 375. The first-order valence-corrected chi connectivity index (χ1v) is 5.69. The Hall–Kier alpha value is -1.35. The lowest BCUT2D eigenvalue weighted by Crippen LogP contribution is -2.32. The summed E-state index contributed by atoms with van der Waals surface area (Å²) in [5.41, 5.74) is 7.84. The molecule has 1 heterocycles. The van der Waals surface area contributed by atoms with Gasteiger partial charge in [-0.3, -0.25) is 4.79 Å². The predicted molar refractivity (Wildman–Crippen MR) is 64.2 cm³/mol. The van der Waals surface area contributed by atoms with E-state index in [1.807, 2.05) is 36.1 Å². The van der Waals surface area contributed by atoms with Crippen LogP contribution in [0.15, 0.2) is 24.3 Å². The Kier molecular flexibility index (Phi) is 2.97. The number of nitrogens with two attached hydrogens (primary N) is 1. The van der Waals surface area contributed by atoms with Gasteiger partial charge in [-0.05, 0) is 25.0 Å². The van der Waals surface area contributed by atoms with Crippen molar-refractivity contribution in [3.8, 4) is 0 Å². The van der Waals surface area contributed by atoms with Crippen molar-refractivity contribution in [3.05, 3.63) is 35.4 Å². The van der Waals surface area contributed by atoms with E-state index < -0.39 is 0 Å². The standard InChI is InChI=1S/C13H18N2O/c1-9-3-5-11(6-4-9)13(16)15-7-10(2)12(14)8-15/h3-6,10,12H,7-8,14H2,1-2H3. The number of nitrogens with zero attached hydrogens (tertiary/aromatic N) is 1. The first-order valence-electron chi connectivity index (χ1n) is 5.69. The molecule has 2 rings (SSSR count). The Labute approximate surface area is 96.2 Å². The molecule has 2 N–H and O–H groups in total. The normalized spacial score (nSPS) is 24.8. The highest BCUT2D eigenvalue weighted by Crippen LogP contribution is 2.17. The van der Waals surface area contributed by atoms with Crippen LogP contribution in [0.2, 0.25) is 0 Å². The molecular weight excluding hydrogens is 200 g/mol. The zero-order valence-electron chi connectivity index (χ0n) is 9.81. The van der Waals surface area contributed by atoms with Crippen LogP contribution in [0.3, 0.4) is 0 Å². The highest BCUT2D eigenvalue weighted by molar-refractivity contribution is 5.94. The number of carbonyl (C=O) groups is 1. The maximum Gasteiger partial charge on any atom is 0.253 e. The lowest BCUT2D eigenvalue weighted by molar-refractivity contribution is 0.0787. The topological polar surface area (TPSA) is 46.3 Å². The highest BCUT2D eigenvalue weighted by atomic mass is 16.2. The zero-order valence-corrected chi connectivity index (χ0v) is 9.81. The number of rotatable bonds is 1. The second kappa shape index (κ2) is 4.26. The van der Waals surface area contributed by atoms with Gasteiger partial charge in [-0.1, -0.05) is 24.6 Å². The summed E-state index contributed by atoms with van der Waals surface area (Å²) in [6.45, 7) is 5.55. The molecule has 1 saturated heterocycles. The van der Waals surface area contributed by atoms with Gasteiger partial charge in [0.1, 0.15) is 0 Å². The summed E-state index contributed by atoms with van der Waals surface area (Å²) < 4.78 is 0. The molecule has 0 aliphatic carbocycles. The predicted octanol–water partition coefficient (Wildman–Crippen LogP) is 1.41. The molecule has 1 amide bonds. The van der Waals surface area contributed by atoms with Gasteiger partial charge in [0, 0.05) is 24.7 Å². The Balaban J connectivity index is 2.11. The van der Waals surface area contributed by atoms with E-state index in [1.165, 1.54) is 5.56 Å². The van der Waals surface area contributed by atoms with Crippen molar-refractivity contribution in [3.63, 3.8) is 0 Å². The quantitative estimate of drug-likeness (QED) is 0.774. The molecule has 3 heteroatoms. The van der Waals surface area contributed by atoms with Gasteiger partial charge in [0.25, 0.3) is 5.91 Å². The zero-order chi connectivity index (χ0) is 11.7. The van der Waals surface area contributed by atoms with Crippen molar-refractivity contribution in [2.75, 3.05) is 13.1 Å². The second-order valence-corrected chi connectivity index (χ2v) is 4.72. The summed E-state index contributed by atoms with van der Waals surface area (Å²) >= 11 is 0. The number of aryl methyl sites for hydroxylation is 1. The van der Waals surface area contributed by atoms with Crippen molar-refractivity contribution in [2.24, 2.45) is 11.7 Å². The molecule has 0 saturated carbocycles. The molecule has 2 unspecified atom stereocenters. The fourth-order valence-corrected chi connectivity index (χ4v) is 2.04. The van der Waals surface area contributed by atoms with E-state index in [2.05, 4.69) is 6.92 Å². The largest absolute Gasteiger partial charge is 0.337 e. The van der Waals surface area contributed by atoms with Gasteiger partial charge in [0.2, 0.25) is 0 Å². The average molecular weight is 218 g/mol. The SMILES string of the molecule is Cc1ccc(C(=O)N2CC(C)C(N)C2)cc1. The summed E-state index contributed by atoms with van der Waals surface area (Å²) in [6, 6.07) is 7.81. The third kappa shape index (κ3) is 2.09. The van der Waals surface area contributed by atoms with Crippen molar-refractivity contribution < 1.29 is 4.79 Å². The molecule has 0 bridgehead atoms. The van der Waals surface area contributed by atoms with E-state index in [9.17, 15) is 4.79 Å². The summed E-state index contributed by atoms with van der Waals surface area (Å²) in [7, 11) is 0. The number of amides is 1. The van der Waals surface area contributed by atoms with Gasteiger partial charge in [-0.25, -0.2) is 0 Å². The number of likely N-dealkylation sites (tertiary alicyclic amines) is 1. The summed E-state index contributed by atoms with van der Waals surface area (Å²) in [5, 5.41) is 0. The second-order valence-electron chi connectivity index (χ2n) is 4.72. The first kappa shape index (κ1) is 11.1. The molecular formula is C13H18N2O. The van der Waals surface area contributed by atoms with Crippen molar-refractivity contribution >= 4 is 5.91 Å². The summed E-state index contributed by atoms with van der Waals surface area (Å²) in [4.78, 5) is 14.0. The van der Waals surface area contributed by atoms with Gasteiger partial charge in [-0.15, -0.1) is 0 Å². The Morgan fingerprint density at radius 1 is 1.31 bits per heavy atom. The Morgan fingerprint density at radius 2 is 1.94 bits per heavy atom. The molecule has 86 valence electrons. The van der Waals surface area contributed by atoms with E-state index >= 15 is 0 Å². The summed E-state index contributed by atoms with van der Waals surface area (Å²) in [6.07, 6.45) is 0. The molecule has 1 aromatic carbocycles. The Morgan fingerprint density at radius 3 is 2.44 bits per heavy atom. The van der Waals surface area contributed by atoms with Crippen LogP contribution in [0, 0.1) is 12.8 Å². The van der Waals surface area contributed by atoms with Crippen LogP contribution in [0.25, 0.3) is 0 Å². The van der Waals surface area contributed by atoms with Crippen LogP contribution in [0.5, 0.6) is 0 Å². The molecule has 1 aliphatic heterocycles. The van der Waals surface area contributed by atoms with Gasteiger partial charge in [0.15, 0.2) is 0 Å². The monoisotopic (exact) mass is 218 g/mol. The fraction of sp³-hybridized carbons (Fsp3) is 0.462. The maximum atomic E-state index is 12.1. The maximum absolute atomic E-state index is 12.1. The minimum atomic E-state index is 0.0970. The number of hydrogen-bond acceptors (Lipinski definition) is 2. The minimum absolute atomic E-state index is 0.0970. The molecule has 0 spiro atoms. The van der Waals surface area contributed by atoms with Gasteiger partial charge < -0.3 is 10.6 Å². The number of benzene rings is 1. The van der Waals surface area contributed by atoms with E-state index in [4.69, 9.17) is 5.73 Å². The molecule has 1 aliphatic rings. The molecule has 16 heavy (non-hydrogen) atoms. The minimum Gasteiger partial charge on any atom is -0.337 e. The van der Waals surface area contributed by atoms with Crippen molar-refractivity contribution in [2.45, 2.75) is 19.9 Å². The lowest BCUT2D eigenvalue weighted by atomic mass is 10.1. The average Bonchev–Trinajstić information content (AvgIpc) is 2.59. The van der Waals surface area contributed by atoms with Crippen LogP contribution in [-0.2, 0) is 0 Å². The van der Waals surface area contributed by atoms with E-state index in [-0.39, 0.29) is 11.9 Å². The van der Waals surface area contributed by atoms with Crippen LogP contribution in [0.4, 0.5) is 0 Å². The van der Waals surface area contributed by atoms with Gasteiger partial charge in [0.05, 0.1) is 0 Å². The van der Waals surface area contributed by atoms with Crippen molar-refractivity contribution in [1.29, 1.82) is 0 Å².